The van der Waals surface area contributed by atoms with Crippen LogP contribution in [0, 0.1) is 12.7 Å². The first-order chi connectivity index (χ1) is 11.4. The molecule has 2 aromatic carbocycles. The third-order valence-corrected chi connectivity index (χ3v) is 4.19. The predicted molar refractivity (Wildman–Crippen MR) is 87.6 cm³/mol. The molecule has 1 saturated heterocycles. The van der Waals surface area contributed by atoms with E-state index >= 15 is 0 Å². The van der Waals surface area contributed by atoms with E-state index in [1.807, 2.05) is 19.1 Å². The first-order valence-corrected chi connectivity index (χ1v) is 7.47. The predicted octanol–water partition coefficient (Wildman–Crippen LogP) is 3.19. The van der Waals surface area contributed by atoms with Crippen molar-refractivity contribution in [1.29, 1.82) is 0 Å². The molecule has 1 fully saturated rings. The lowest BCUT2D eigenvalue weighted by molar-refractivity contribution is -0.139. The monoisotopic (exact) mass is 325 g/mol. The van der Waals surface area contributed by atoms with Crippen LogP contribution in [0.3, 0.4) is 0 Å². The van der Waals surface area contributed by atoms with E-state index in [0.717, 1.165) is 5.56 Å². The molecule has 1 N–H and O–H groups in total. The number of carbonyl (C=O) groups excluding carboxylic acids is 2. The van der Waals surface area contributed by atoms with Gasteiger partial charge in [0.25, 0.3) is 11.7 Å². The molecule has 4 nitrogen and oxygen atoms in total. The molecule has 0 saturated carbocycles. The number of aryl methyl sites for hydroxylation is 1. The number of halogens is 1. The van der Waals surface area contributed by atoms with Gasteiger partial charge in [-0.15, -0.1) is 0 Å². The summed E-state index contributed by atoms with van der Waals surface area (Å²) in [7, 11) is 1.49. The molecule has 1 amide bonds. The van der Waals surface area contributed by atoms with Gasteiger partial charge in [0, 0.05) is 12.6 Å². The number of benzene rings is 2. The van der Waals surface area contributed by atoms with Crippen molar-refractivity contribution in [3.05, 3.63) is 76.6 Å². The van der Waals surface area contributed by atoms with Crippen molar-refractivity contribution in [3.63, 3.8) is 0 Å². The average molecular weight is 325 g/mol. The number of likely N-dealkylation sites (N-methyl/N-ethyl adjacent to an activating group) is 1. The van der Waals surface area contributed by atoms with Gasteiger partial charge >= 0.3 is 0 Å². The number of likely N-dealkylation sites (tertiary alicyclic amines) is 1. The normalized spacial score (nSPS) is 19.8. The highest BCUT2D eigenvalue weighted by Crippen LogP contribution is 2.38. The molecule has 1 heterocycles. The maximum absolute atomic E-state index is 13.2. The first-order valence-electron chi connectivity index (χ1n) is 7.47. The van der Waals surface area contributed by atoms with Crippen LogP contribution in [0.1, 0.15) is 22.7 Å². The van der Waals surface area contributed by atoms with Crippen LogP contribution in [-0.2, 0) is 9.59 Å². The SMILES string of the molecule is Cc1ccc(/C(O)=C2\C(=O)C(=O)N(C)[C@H]2c2ccc(F)cc2)cc1. The molecule has 5 heteroatoms. The fourth-order valence-electron chi connectivity index (χ4n) is 2.85. The van der Waals surface area contributed by atoms with Gasteiger partial charge in [0.1, 0.15) is 11.6 Å². The molecule has 2 aromatic rings. The van der Waals surface area contributed by atoms with E-state index in [0.29, 0.717) is 11.1 Å². The van der Waals surface area contributed by atoms with Gasteiger partial charge in [-0.1, -0.05) is 42.0 Å². The van der Waals surface area contributed by atoms with Crippen molar-refractivity contribution in [2.24, 2.45) is 0 Å². The number of ketones is 1. The van der Waals surface area contributed by atoms with Gasteiger partial charge in [0.15, 0.2) is 0 Å². The van der Waals surface area contributed by atoms with Crippen molar-refractivity contribution >= 4 is 17.4 Å². The minimum absolute atomic E-state index is 0.0120. The molecule has 24 heavy (non-hydrogen) atoms. The molecule has 0 spiro atoms. The van der Waals surface area contributed by atoms with Gasteiger partial charge in [0.05, 0.1) is 11.6 Å². The third kappa shape index (κ3) is 2.58. The Bertz CT molecular complexity index is 838. The molecule has 122 valence electrons. The highest BCUT2D eigenvalue weighted by atomic mass is 19.1. The maximum Gasteiger partial charge on any atom is 0.295 e. The molecule has 0 aliphatic carbocycles. The van der Waals surface area contributed by atoms with Crippen molar-refractivity contribution in [3.8, 4) is 0 Å². The standard InChI is InChI=1S/C19H16FNO3/c1-11-3-5-13(6-4-11)17(22)15-16(21(2)19(24)18(15)23)12-7-9-14(20)10-8-12/h3-10,16,22H,1-2H3/b17-15+/t16-/m0/s1. The molecule has 0 aromatic heterocycles. The van der Waals surface area contributed by atoms with Crippen molar-refractivity contribution in [2.75, 3.05) is 7.05 Å². The van der Waals surface area contributed by atoms with Crippen LogP contribution in [0.2, 0.25) is 0 Å². The minimum Gasteiger partial charge on any atom is -0.507 e. The van der Waals surface area contributed by atoms with E-state index < -0.39 is 23.5 Å². The van der Waals surface area contributed by atoms with Gasteiger partial charge in [-0.05, 0) is 24.6 Å². The summed E-state index contributed by atoms with van der Waals surface area (Å²) in [5.41, 5.74) is 2.04. The second-order valence-corrected chi connectivity index (χ2v) is 5.83. The van der Waals surface area contributed by atoms with Crippen LogP contribution in [0.4, 0.5) is 4.39 Å². The number of carbonyl (C=O) groups is 2. The van der Waals surface area contributed by atoms with E-state index in [9.17, 15) is 19.1 Å². The third-order valence-electron chi connectivity index (χ3n) is 4.19. The molecular weight excluding hydrogens is 309 g/mol. The number of nitrogens with zero attached hydrogens (tertiary/aromatic N) is 1. The summed E-state index contributed by atoms with van der Waals surface area (Å²) in [6.07, 6.45) is 0. The zero-order chi connectivity index (χ0) is 17.4. The molecule has 0 bridgehead atoms. The van der Waals surface area contributed by atoms with Crippen LogP contribution in [0.5, 0.6) is 0 Å². The summed E-state index contributed by atoms with van der Waals surface area (Å²) in [6, 6.07) is 11.8. The molecule has 0 unspecified atom stereocenters. The summed E-state index contributed by atoms with van der Waals surface area (Å²) in [5.74, 6) is -2.08. The summed E-state index contributed by atoms with van der Waals surface area (Å²) in [4.78, 5) is 25.7. The first kappa shape index (κ1) is 15.9. The van der Waals surface area contributed by atoms with E-state index in [1.165, 1.54) is 36.2 Å². The molecule has 1 aliphatic heterocycles. The van der Waals surface area contributed by atoms with Crippen LogP contribution in [0.15, 0.2) is 54.1 Å². The summed E-state index contributed by atoms with van der Waals surface area (Å²) in [6.45, 7) is 1.91. The van der Waals surface area contributed by atoms with Gasteiger partial charge < -0.3 is 10.0 Å². The molecule has 1 atom stereocenters. The fraction of sp³-hybridized carbons (Fsp3) is 0.158. The van der Waals surface area contributed by atoms with E-state index in [2.05, 4.69) is 0 Å². The van der Waals surface area contributed by atoms with Crippen LogP contribution in [-0.4, -0.2) is 28.7 Å². The number of amides is 1. The minimum atomic E-state index is -0.745. The second-order valence-electron chi connectivity index (χ2n) is 5.83. The lowest BCUT2D eigenvalue weighted by Crippen LogP contribution is -2.24. The number of hydrogen-bond donors (Lipinski definition) is 1. The van der Waals surface area contributed by atoms with Gasteiger partial charge in [-0.3, -0.25) is 9.59 Å². The molecular formula is C19H16FNO3. The largest absolute Gasteiger partial charge is 0.507 e. The number of hydrogen-bond acceptors (Lipinski definition) is 3. The molecule has 3 rings (SSSR count). The lowest BCUT2D eigenvalue weighted by atomic mass is 9.95. The Hall–Kier alpha value is -2.95. The summed E-state index contributed by atoms with van der Waals surface area (Å²) in [5, 5.41) is 10.6. The van der Waals surface area contributed by atoms with E-state index in [1.54, 1.807) is 12.1 Å². The topological polar surface area (TPSA) is 57.6 Å². The zero-order valence-electron chi connectivity index (χ0n) is 13.3. The Labute approximate surface area is 138 Å². The Morgan fingerprint density at radius 1 is 1.04 bits per heavy atom. The van der Waals surface area contributed by atoms with Gasteiger partial charge in [-0.25, -0.2) is 4.39 Å². The summed E-state index contributed by atoms with van der Waals surface area (Å²) < 4.78 is 13.2. The van der Waals surface area contributed by atoms with Crippen molar-refractivity contribution < 1.29 is 19.1 Å². The van der Waals surface area contributed by atoms with Crippen molar-refractivity contribution in [1.82, 2.24) is 4.90 Å². The Morgan fingerprint density at radius 3 is 2.21 bits per heavy atom. The van der Waals surface area contributed by atoms with Crippen molar-refractivity contribution in [2.45, 2.75) is 13.0 Å². The number of aliphatic hydroxyl groups is 1. The highest BCUT2D eigenvalue weighted by molar-refractivity contribution is 6.46. The lowest BCUT2D eigenvalue weighted by Gasteiger charge is -2.21. The Balaban J connectivity index is 2.16. The number of aliphatic hydroxyl groups excluding tert-OH is 1. The second kappa shape index (κ2) is 5.92. The number of Topliss-reactive ketones (excluding diaryl/α,β-unsaturated/α-hetero) is 1. The summed E-state index contributed by atoms with van der Waals surface area (Å²) >= 11 is 0. The Kier molecular flexibility index (Phi) is 3.93. The Morgan fingerprint density at radius 2 is 1.62 bits per heavy atom. The quantitative estimate of drug-likeness (QED) is 0.524. The number of rotatable bonds is 2. The highest BCUT2D eigenvalue weighted by Gasteiger charge is 2.44. The molecule has 1 aliphatic rings. The van der Waals surface area contributed by atoms with Gasteiger partial charge in [-0.2, -0.15) is 0 Å². The van der Waals surface area contributed by atoms with E-state index in [4.69, 9.17) is 0 Å². The van der Waals surface area contributed by atoms with Gasteiger partial charge in [0.2, 0.25) is 0 Å². The zero-order valence-corrected chi connectivity index (χ0v) is 13.3. The van der Waals surface area contributed by atoms with Crippen LogP contribution < -0.4 is 0 Å². The van der Waals surface area contributed by atoms with Crippen LogP contribution in [0.25, 0.3) is 5.76 Å². The maximum atomic E-state index is 13.2. The fourth-order valence-corrected chi connectivity index (χ4v) is 2.85. The molecule has 0 radical (unpaired) electrons. The van der Waals surface area contributed by atoms with Crippen LogP contribution >= 0.6 is 0 Å². The van der Waals surface area contributed by atoms with E-state index in [-0.39, 0.29) is 11.3 Å². The smallest absolute Gasteiger partial charge is 0.295 e. The average Bonchev–Trinajstić information content (AvgIpc) is 2.80.